The maximum absolute atomic E-state index is 13.4. The quantitative estimate of drug-likeness (QED) is 0.523. The molecule has 6 rings (SSSR count). The van der Waals surface area contributed by atoms with Gasteiger partial charge in [0, 0.05) is 5.92 Å². The molecule has 0 aromatic rings. The number of allylic oxidation sites excluding steroid dienone is 3. The number of carbonyl (C=O) groups is 1. The number of hydrogen-bond donors (Lipinski definition) is 1. The minimum Gasteiger partial charge on any atom is -0.393 e. The summed E-state index contributed by atoms with van der Waals surface area (Å²) in [7, 11) is 0. The molecule has 2 nitrogen and oxygen atoms in total. The SMILES string of the molecule is CC12CCC(O)CC1=CCC1C2CCC2(C)C1CC1C3CCCCC3=CC(=O)C12. The number of ketones is 1. The van der Waals surface area contributed by atoms with E-state index in [1.54, 1.807) is 5.57 Å². The summed E-state index contributed by atoms with van der Waals surface area (Å²) >= 11 is 0. The van der Waals surface area contributed by atoms with Crippen LogP contribution in [0.25, 0.3) is 0 Å². The smallest absolute Gasteiger partial charge is 0.159 e. The fourth-order valence-corrected chi connectivity index (χ4v) is 9.68. The summed E-state index contributed by atoms with van der Waals surface area (Å²) in [4.78, 5) is 13.4. The van der Waals surface area contributed by atoms with Gasteiger partial charge in [-0.15, -0.1) is 0 Å². The van der Waals surface area contributed by atoms with E-state index in [1.807, 2.05) is 0 Å². The number of hydrogen-bond acceptors (Lipinski definition) is 2. The Labute approximate surface area is 176 Å². The monoisotopic (exact) mass is 394 g/mol. The Hall–Kier alpha value is -0.890. The van der Waals surface area contributed by atoms with Crippen LogP contribution in [0.5, 0.6) is 0 Å². The van der Waals surface area contributed by atoms with E-state index >= 15 is 0 Å². The molecule has 0 aromatic carbocycles. The summed E-state index contributed by atoms with van der Waals surface area (Å²) in [5.74, 6) is 4.37. The maximum Gasteiger partial charge on any atom is 0.159 e. The van der Waals surface area contributed by atoms with Crippen molar-refractivity contribution in [2.45, 2.75) is 90.6 Å². The molecule has 4 saturated carbocycles. The first kappa shape index (κ1) is 18.8. The molecule has 158 valence electrons. The summed E-state index contributed by atoms with van der Waals surface area (Å²) in [6.45, 7) is 5.02. The van der Waals surface area contributed by atoms with Crippen molar-refractivity contribution < 1.29 is 9.90 Å². The molecule has 0 heterocycles. The van der Waals surface area contributed by atoms with E-state index in [0.717, 1.165) is 37.0 Å². The first-order valence-electron chi connectivity index (χ1n) is 12.5. The van der Waals surface area contributed by atoms with Gasteiger partial charge in [-0.2, -0.15) is 0 Å². The largest absolute Gasteiger partial charge is 0.393 e. The molecule has 0 aliphatic heterocycles. The lowest BCUT2D eigenvalue weighted by atomic mass is 9.47. The van der Waals surface area contributed by atoms with E-state index in [1.165, 1.54) is 56.9 Å². The van der Waals surface area contributed by atoms with Crippen molar-refractivity contribution in [1.29, 1.82) is 0 Å². The maximum atomic E-state index is 13.4. The van der Waals surface area contributed by atoms with Crippen LogP contribution in [0.2, 0.25) is 0 Å². The van der Waals surface area contributed by atoms with Crippen molar-refractivity contribution in [3.63, 3.8) is 0 Å². The van der Waals surface area contributed by atoms with Crippen molar-refractivity contribution in [2.24, 2.45) is 46.3 Å². The average molecular weight is 395 g/mol. The Morgan fingerprint density at radius 2 is 1.90 bits per heavy atom. The Morgan fingerprint density at radius 1 is 1.03 bits per heavy atom. The van der Waals surface area contributed by atoms with Crippen LogP contribution in [0, 0.1) is 46.3 Å². The van der Waals surface area contributed by atoms with Crippen LogP contribution < -0.4 is 0 Å². The molecule has 6 aliphatic rings. The molecule has 9 unspecified atom stereocenters. The molecule has 0 bridgehead atoms. The molecule has 6 aliphatic carbocycles. The standard InChI is InChI=1S/C27H38O2/c1-26-11-9-18(28)14-17(26)7-8-20-22(26)10-12-27(2)23(20)15-21-19-6-4-3-5-16(19)13-24(29)25(21)27/h7,13,18-23,25,28H,3-6,8-12,14-15H2,1-2H3. The second kappa shape index (κ2) is 6.31. The number of fused-ring (bicyclic) bond motifs is 9. The van der Waals surface area contributed by atoms with Gasteiger partial charge in [-0.1, -0.05) is 37.5 Å². The molecule has 0 radical (unpaired) electrons. The fraction of sp³-hybridized carbons (Fsp3) is 0.815. The number of aliphatic hydroxyl groups excluding tert-OH is 1. The molecule has 2 heteroatoms. The van der Waals surface area contributed by atoms with Crippen LogP contribution in [0.15, 0.2) is 23.3 Å². The van der Waals surface area contributed by atoms with Crippen molar-refractivity contribution in [2.75, 3.05) is 0 Å². The normalized spacial score (nSPS) is 53.6. The highest BCUT2D eigenvalue weighted by Gasteiger charge is 2.64. The molecule has 29 heavy (non-hydrogen) atoms. The van der Waals surface area contributed by atoms with Gasteiger partial charge in [0.15, 0.2) is 5.78 Å². The van der Waals surface area contributed by atoms with E-state index in [4.69, 9.17) is 0 Å². The van der Waals surface area contributed by atoms with Crippen LogP contribution in [0.3, 0.4) is 0 Å². The highest BCUT2D eigenvalue weighted by Crippen LogP contribution is 2.69. The first-order valence-corrected chi connectivity index (χ1v) is 12.5. The summed E-state index contributed by atoms with van der Waals surface area (Å²) in [6, 6.07) is 0. The molecule has 1 N–H and O–H groups in total. The van der Waals surface area contributed by atoms with E-state index in [-0.39, 0.29) is 11.5 Å². The topological polar surface area (TPSA) is 37.3 Å². The van der Waals surface area contributed by atoms with Gasteiger partial charge in [-0.05, 0) is 111 Å². The molecule has 0 amide bonds. The molecule has 0 spiro atoms. The Bertz CT molecular complexity index is 792. The second-order valence-corrected chi connectivity index (χ2v) is 12.1. The van der Waals surface area contributed by atoms with Crippen LogP contribution in [-0.4, -0.2) is 17.0 Å². The van der Waals surface area contributed by atoms with Gasteiger partial charge in [0.2, 0.25) is 0 Å². The van der Waals surface area contributed by atoms with Gasteiger partial charge >= 0.3 is 0 Å². The van der Waals surface area contributed by atoms with Crippen molar-refractivity contribution >= 4 is 5.78 Å². The van der Waals surface area contributed by atoms with Crippen LogP contribution >= 0.6 is 0 Å². The van der Waals surface area contributed by atoms with Crippen molar-refractivity contribution in [3.05, 3.63) is 23.3 Å². The van der Waals surface area contributed by atoms with Crippen LogP contribution in [-0.2, 0) is 4.79 Å². The summed E-state index contributed by atoms with van der Waals surface area (Å²) in [6.07, 6.45) is 17.8. The number of aliphatic hydroxyl groups is 1. The predicted molar refractivity (Wildman–Crippen MR) is 115 cm³/mol. The molecule has 9 atom stereocenters. The summed E-state index contributed by atoms with van der Waals surface area (Å²) in [5.41, 5.74) is 3.59. The number of carbonyl (C=O) groups excluding carboxylic acids is 1. The van der Waals surface area contributed by atoms with E-state index < -0.39 is 0 Å². The Balaban J connectivity index is 1.36. The van der Waals surface area contributed by atoms with E-state index in [2.05, 4.69) is 26.0 Å². The van der Waals surface area contributed by atoms with Gasteiger partial charge in [-0.25, -0.2) is 0 Å². The number of rotatable bonds is 0. The lowest BCUT2D eigenvalue weighted by molar-refractivity contribution is -0.128. The third-order valence-corrected chi connectivity index (χ3v) is 11.0. The molecular weight excluding hydrogens is 356 g/mol. The average Bonchev–Trinajstić information content (AvgIpc) is 3.03. The minimum atomic E-state index is -0.123. The predicted octanol–water partition coefficient (Wildman–Crippen LogP) is 5.85. The zero-order valence-corrected chi connectivity index (χ0v) is 18.3. The van der Waals surface area contributed by atoms with Crippen molar-refractivity contribution in [3.8, 4) is 0 Å². The molecule has 4 fully saturated rings. The van der Waals surface area contributed by atoms with Gasteiger partial charge < -0.3 is 5.11 Å². The van der Waals surface area contributed by atoms with Gasteiger partial charge in [0.1, 0.15) is 0 Å². The van der Waals surface area contributed by atoms with Crippen LogP contribution in [0.4, 0.5) is 0 Å². The van der Waals surface area contributed by atoms with Crippen LogP contribution in [0.1, 0.15) is 84.5 Å². The lowest BCUT2D eigenvalue weighted by Gasteiger charge is -2.58. The van der Waals surface area contributed by atoms with E-state index in [0.29, 0.717) is 29.0 Å². The highest BCUT2D eigenvalue weighted by atomic mass is 16.3. The third kappa shape index (κ3) is 2.47. The van der Waals surface area contributed by atoms with Gasteiger partial charge in [-0.3, -0.25) is 4.79 Å². The highest BCUT2D eigenvalue weighted by molar-refractivity contribution is 5.94. The third-order valence-electron chi connectivity index (χ3n) is 11.0. The van der Waals surface area contributed by atoms with Gasteiger partial charge in [0.25, 0.3) is 0 Å². The fourth-order valence-electron chi connectivity index (χ4n) is 9.68. The summed E-state index contributed by atoms with van der Waals surface area (Å²) in [5, 5.41) is 10.2. The van der Waals surface area contributed by atoms with Crippen molar-refractivity contribution in [1.82, 2.24) is 0 Å². The molecular formula is C27H38O2. The summed E-state index contributed by atoms with van der Waals surface area (Å²) < 4.78 is 0. The second-order valence-electron chi connectivity index (χ2n) is 12.1. The Kier molecular flexibility index (Phi) is 4.10. The zero-order chi connectivity index (χ0) is 20.0. The van der Waals surface area contributed by atoms with Gasteiger partial charge in [0.05, 0.1) is 6.10 Å². The Morgan fingerprint density at radius 3 is 2.76 bits per heavy atom. The van der Waals surface area contributed by atoms with E-state index in [9.17, 15) is 9.90 Å². The first-order chi connectivity index (χ1) is 13.9. The molecule has 0 aromatic heterocycles. The minimum absolute atomic E-state index is 0.123. The lowest BCUT2D eigenvalue weighted by Crippen LogP contribution is -2.51. The zero-order valence-electron chi connectivity index (χ0n) is 18.3. The molecule has 0 saturated heterocycles.